The molecule has 2 aromatic rings. The first kappa shape index (κ1) is 15.7. The second kappa shape index (κ2) is 6.92. The highest BCUT2D eigenvalue weighted by molar-refractivity contribution is 5.95. The quantitative estimate of drug-likeness (QED) is 0.892. The van der Waals surface area contributed by atoms with Crippen LogP contribution in [0.1, 0.15) is 34.3 Å². The Balaban J connectivity index is 1.73. The summed E-state index contributed by atoms with van der Waals surface area (Å²) in [6.45, 7) is 1.89. The minimum atomic E-state index is -0.224. The monoisotopic (exact) mass is 310 g/mol. The summed E-state index contributed by atoms with van der Waals surface area (Å²) in [6.07, 6.45) is 5.42. The van der Waals surface area contributed by atoms with Crippen molar-refractivity contribution in [2.45, 2.75) is 38.3 Å². The van der Waals surface area contributed by atoms with E-state index >= 15 is 0 Å². The number of hydrogen-bond acceptors (Lipinski definition) is 3. The minimum Gasteiger partial charge on any atom is -0.393 e. The zero-order chi connectivity index (χ0) is 16.2. The average molecular weight is 310 g/mol. The molecule has 2 N–H and O–H groups in total. The first-order valence-electron chi connectivity index (χ1n) is 8.07. The molecule has 1 aromatic heterocycles. The van der Waals surface area contributed by atoms with E-state index in [1.165, 1.54) is 5.56 Å². The molecule has 0 bridgehead atoms. The lowest BCUT2D eigenvalue weighted by Crippen LogP contribution is -2.48. The van der Waals surface area contributed by atoms with Gasteiger partial charge in [0.15, 0.2) is 0 Å². The molecule has 1 heterocycles. The molecule has 1 atom stereocenters. The highest BCUT2D eigenvalue weighted by Crippen LogP contribution is 2.32. The fourth-order valence-electron chi connectivity index (χ4n) is 3.14. The second-order valence-electron chi connectivity index (χ2n) is 6.35. The first-order valence-corrected chi connectivity index (χ1v) is 8.07. The van der Waals surface area contributed by atoms with Gasteiger partial charge in [-0.15, -0.1) is 0 Å². The molecule has 1 fully saturated rings. The Labute approximate surface area is 136 Å². The number of nitrogens with one attached hydrogen (secondary N) is 1. The number of nitrogens with zero attached hydrogens (tertiary/aromatic N) is 1. The Morgan fingerprint density at radius 2 is 2.04 bits per heavy atom. The van der Waals surface area contributed by atoms with Gasteiger partial charge in [0.1, 0.15) is 0 Å². The number of pyridine rings is 1. The van der Waals surface area contributed by atoms with Gasteiger partial charge in [-0.3, -0.25) is 9.78 Å². The first-order chi connectivity index (χ1) is 11.1. The molecule has 3 rings (SSSR count). The summed E-state index contributed by atoms with van der Waals surface area (Å²) < 4.78 is 0. The molecule has 23 heavy (non-hydrogen) atoms. The maximum absolute atomic E-state index is 12.6. The van der Waals surface area contributed by atoms with Crippen LogP contribution in [0.25, 0.3) is 0 Å². The smallest absolute Gasteiger partial charge is 0.251 e. The van der Waals surface area contributed by atoms with Gasteiger partial charge in [0, 0.05) is 24.0 Å². The van der Waals surface area contributed by atoms with Gasteiger partial charge in [-0.1, -0.05) is 30.3 Å². The van der Waals surface area contributed by atoms with Crippen molar-refractivity contribution in [2.75, 3.05) is 0 Å². The molecule has 0 saturated heterocycles. The van der Waals surface area contributed by atoms with Gasteiger partial charge in [0.2, 0.25) is 0 Å². The van der Waals surface area contributed by atoms with Gasteiger partial charge >= 0.3 is 0 Å². The lowest BCUT2D eigenvalue weighted by atomic mass is 9.75. The van der Waals surface area contributed by atoms with E-state index in [9.17, 15) is 9.90 Å². The summed E-state index contributed by atoms with van der Waals surface area (Å²) in [5.74, 6) is 0.267. The fraction of sp³-hybridized carbons (Fsp3) is 0.368. The molecule has 120 valence electrons. The van der Waals surface area contributed by atoms with Crippen molar-refractivity contribution in [2.24, 2.45) is 5.92 Å². The van der Waals surface area contributed by atoms with Crippen molar-refractivity contribution in [1.82, 2.24) is 10.3 Å². The third kappa shape index (κ3) is 3.77. The van der Waals surface area contributed by atoms with E-state index in [2.05, 4.69) is 22.4 Å². The molecule has 1 aromatic carbocycles. The van der Waals surface area contributed by atoms with Crippen molar-refractivity contribution in [1.29, 1.82) is 0 Å². The predicted molar refractivity (Wildman–Crippen MR) is 89.1 cm³/mol. The van der Waals surface area contributed by atoms with Gasteiger partial charge in [-0.25, -0.2) is 0 Å². The van der Waals surface area contributed by atoms with E-state index in [0.29, 0.717) is 11.5 Å². The van der Waals surface area contributed by atoms with E-state index in [-0.39, 0.29) is 18.1 Å². The zero-order valence-corrected chi connectivity index (χ0v) is 13.3. The van der Waals surface area contributed by atoms with Crippen LogP contribution in [-0.4, -0.2) is 28.1 Å². The highest BCUT2D eigenvalue weighted by atomic mass is 16.3. The van der Waals surface area contributed by atoms with Crippen LogP contribution in [-0.2, 0) is 6.42 Å². The number of aromatic nitrogens is 1. The molecule has 0 spiro atoms. The molecular weight excluding hydrogens is 288 g/mol. The maximum atomic E-state index is 12.6. The summed E-state index contributed by atoms with van der Waals surface area (Å²) in [7, 11) is 0. The highest BCUT2D eigenvalue weighted by Gasteiger charge is 2.35. The van der Waals surface area contributed by atoms with E-state index in [0.717, 1.165) is 24.8 Å². The number of aliphatic hydroxyl groups is 1. The number of carbonyl (C=O) groups is 1. The van der Waals surface area contributed by atoms with Gasteiger partial charge in [0.05, 0.1) is 6.10 Å². The SMILES string of the molecule is Cc1cnccc1C(=O)N[C@@H](Cc1ccccc1)C1CC(O)C1. The molecule has 0 aliphatic heterocycles. The van der Waals surface area contributed by atoms with Crippen LogP contribution in [0.2, 0.25) is 0 Å². The van der Waals surface area contributed by atoms with E-state index in [1.807, 2.05) is 25.1 Å². The fourth-order valence-corrected chi connectivity index (χ4v) is 3.14. The van der Waals surface area contributed by atoms with Gasteiger partial charge in [-0.05, 0) is 49.3 Å². The predicted octanol–water partition coefficient (Wildman–Crippen LogP) is 2.50. The molecule has 1 aliphatic rings. The van der Waals surface area contributed by atoms with E-state index in [4.69, 9.17) is 0 Å². The van der Waals surface area contributed by atoms with Crippen LogP contribution in [0, 0.1) is 12.8 Å². The van der Waals surface area contributed by atoms with Gasteiger partial charge in [0.25, 0.3) is 5.91 Å². The molecule has 4 nitrogen and oxygen atoms in total. The lowest BCUT2D eigenvalue weighted by Gasteiger charge is -2.38. The third-order valence-corrected chi connectivity index (χ3v) is 4.60. The summed E-state index contributed by atoms with van der Waals surface area (Å²) in [5, 5.41) is 12.8. The van der Waals surface area contributed by atoms with E-state index in [1.54, 1.807) is 18.5 Å². The summed E-state index contributed by atoms with van der Waals surface area (Å²) >= 11 is 0. The van der Waals surface area contributed by atoms with Gasteiger partial charge in [-0.2, -0.15) is 0 Å². The van der Waals surface area contributed by atoms with Crippen molar-refractivity contribution >= 4 is 5.91 Å². The molecule has 1 amide bonds. The number of hydrogen-bond donors (Lipinski definition) is 2. The van der Waals surface area contributed by atoms with Crippen molar-refractivity contribution < 1.29 is 9.90 Å². The molecule has 0 radical (unpaired) electrons. The summed E-state index contributed by atoms with van der Waals surface area (Å²) in [4.78, 5) is 16.6. The largest absolute Gasteiger partial charge is 0.393 e. The van der Waals surface area contributed by atoms with Gasteiger partial charge < -0.3 is 10.4 Å². The van der Waals surface area contributed by atoms with Crippen LogP contribution in [0.4, 0.5) is 0 Å². The van der Waals surface area contributed by atoms with Crippen LogP contribution < -0.4 is 5.32 Å². The maximum Gasteiger partial charge on any atom is 0.251 e. The van der Waals surface area contributed by atoms with Crippen LogP contribution in [0.3, 0.4) is 0 Å². The number of rotatable bonds is 5. The van der Waals surface area contributed by atoms with Crippen LogP contribution in [0.15, 0.2) is 48.8 Å². The van der Waals surface area contributed by atoms with E-state index < -0.39 is 0 Å². The zero-order valence-electron chi connectivity index (χ0n) is 13.3. The van der Waals surface area contributed by atoms with Crippen LogP contribution >= 0.6 is 0 Å². The Kier molecular flexibility index (Phi) is 4.72. The molecule has 1 saturated carbocycles. The third-order valence-electron chi connectivity index (χ3n) is 4.60. The number of amides is 1. The second-order valence-corrected chi connectivity index (χ2v) is 6.35. The molecular formula is C19H22N2O2. The Bertz CT molecular complexity index is 666. The normalized spacial score (nSPS) is 21.3. The van der Waals surface area contributed by atoms with Crippen molar-refractivity contribution in [3.63, 3.8) is 0 Å². The number of aliphatic hydroxyl groups excluding tert-OH is 1. The van der Waals surface area contributed by atoms with Crippen LogP contribution in [0.5, 0.6) is 0 Å². The minimum absolute atomic E-state index is 0.0425. The van der Waals surface area contributed by atoms with Crippen molar-refractivity contribution in [3.05, 3.63) is 65.5 Å². The topological polar surface area (TPSA) is 62.2 Å². The molecule has 0 unspecified atom stereocenters. The Morgan fingerprint density at radius 1 is 1.30 bits per heavy atom. The Morgan fingerprint density at radius 3 is 2.70 bits per heavy atom. The molecule has 1 aliphatic carbocycles. The van der Waals surface area contributed by atoms with Crippen molar-refractivity contribution in [3.8, 4) is 0 Å². The number of aryl methyl sites for hydroxylation is 1. The number of carbonyl (C=O) groups excluding carboxylic acids is 1. The standard InChI is InChI=1S/C19H22N2O2/c1-13-12-20-8-7-17(13)19(23)21-18(15-10-16(22)11-15)9-14-5-3-2-4-6-14/h2-8,12,15-16,18,22H,9-11H2,1H3,(H,21,23)/t15?,16?,18-/m0/s1. The number of benzene rings is 1. The molecule has 4 heteroatoms. The lowest BCUT2D eigenvalue weighted by molar-refractivity contribution is 0.0239. The summed E-state index contributed by atoms with van der Waals surface area (Å²) in [5.41, 5.74) is 2.74. The average Bonchev–Trinajstić information content (AvgIpc) is 2.52. The summed E-state index contributed by atoms with van der Waals surface area (Å²) in [6, 6.07) is 12.0. The Hall–Kier alpha value is -2.20.